The summed E-state index contributed by atoms with van der Waals surface area (Å²) in [5.41, 5.74) is 2.29. The average molecular weight is 313 g/mol. The van der Waals surface area contributed by atoms with Gasteiger partial charge in [-0.05, 0) is 54.3 Å². The van der Waals surface area contributed by atoms with E-state index in [4.69, 9.17) is 9.47 Å². The van der Waals surface area contributed by atoms with Crippen molar-refractivity contribution in [1.82, 2.24) is 0 Å². The Morgan fingerprint density at radius 3 is 2.43 bits per heavy atom. The molecule has 0 atom stereocenters. The van der Waals surface area contributed by atoms with E-state index >= 15 is 0 Å². The monoisotopic (exact) mass is 313 g/mol. The molecule has 23 heavy (non-hydrogen) atoms. The molecular weight excluding hydrogens is 286 g/mol. The molecule has 1 N–H and O–H groups in total. The molecule has 3 heteroatoms. The molecule has 0 aliphatic heterocycles. The molecule has 2 aromatic rings. The topological polar surface area (TPSA) is 30.5 Å². The molecule has 0 bridgehead atoms. The molecule has 0 saturated heterocycles. The van der Waals surface area contributed by atoms with E-state index in [1.165, 1.54) is 5.56 Å². The highest BCUT2D eigenvalue weighted by atomic mass is 16.5. The van der Waals surface area contributed by atoms with Crippen molar-refractivity contribution in [2.75, 3.05) is 18.5 Å². The van der Waals surface area contributed by atoms with Crippen molar-refractivity contribution in [3.8, 4) is 11.5 Å². The Hall–Kier alpha value is -2.16. The fourth-order valence-electron chi connectivity index (χ4n) is 2.10. The zero-order valence-electron chi connectivity index (χ0n) is 14.3. The standard InChI is InChI=1S/C20H27NO2/c1-4-12-22-19-10-8-18(9-11-19)21-14-17-6-5-7-20(13-17)23-15-16(2)3/h5-11,13,16,21H,4,12,14-15H2,1-3H3. The van der Waals surface area contributed by atoms with Crippen LogP contribution in [0.1, 0.15) is 32.8 Å². The molecular formula is C20H27NO2. The molecule has 0 aliphatic carbocycles. The first kappa shape index (κ1) is 17.2. The predicted octanol–water partition coefficient (Wildman–Crippen LogP) is 5.12. The second-order valence-corrected chi connectivity index (χ2v) is 6.08. The van der Waals surface area contributed by atoms with Crippen LogP contribution in [0.4, 0.5) is 5.69 Å². The van der Waals surface area contributed by atoms with Crippen LogP contribution in [-0.2, 0) is 6.54 Å². The summed E-state index contributed by atoms with van der Waals surface area (Å²) in [5.74, 6) is 2.38. The van der Waals surface area contributed by atoms with Crippen LogP contribution in [0.5, 0.6) is 11.5 Å². The highest BCUT2D eigenvalue weighted by molar-refractivity contribution is 5.47. The van der Waals surface area contributed by atoms with Gasteiger partial charge in [-0.3, -0.25) is 0 Å². The second kappa shape index (κ2) is 9.09. The third kappa shape index (κ3) is 6.23. The Labute approximate surface area is 139 Å². The summed E-state index contributed by atoms with van der Waals surface area (Å²) in [5, 5.41) is 3.43. The van der Waals surface area contributed by atoms with Gasteiger partial charge in [-0.2, -0.15) is 0 Å². The summed E-state index contributed by atoms with van der Waals surface area (Å²) < 4.78 is 11.4. The summed E-state index contributed by atoms with van der Waals surface area (Å²) in [6.45, 7) is 8.69. The SMILES string of the molecule is CCCOc1ccc(NCc2cccc(OCC(C)C)c2)cc1. The van der Waals surface area contributed by atoms with E-state index in [1.807, 2.05) is 36.4 Å². The first-order valence-electron chi connectivity index (χ1n) is 8.36. The van der Waals surface area contributed by atoms with E-state index in [9.17, 15) is 0 Å². The van der Waals surface area contributed by atoms with Crippen molar-refractivity contribution in [3.05, 3.63) is 54.1 Å². The highest BCUT2D eigenvalue weighted by Gasteiger charge is 2.00. The first-order chi connectivity index (χ1) is 11.2. The van der Waals surface area contributed by atoms with Gasteiger partial charge in [0.25, 0.3) is 0 Å². The van der Waals surface area contributed by atoms with Gasteiger partial charge in [0.2, 0.25) is 0 Å². The van der Waals surface area contributed by atoms with Crippen LogP contribution in [0, 0.1) is 5.92 Å². The van der Waals surface area contributed by atoms with Crippen LogP contribution in [0.25, 0.3) is 0 Å². The fourth-order valence-corrected chi connectivity index (χ4v) is 2.10. The van der Waals surface area contributed by atoms with Gasteiger partial charge in [-0.25, -0.2) is 0 Å². The molecule has 3 nitrogen and oxygen atoms in total. The zero-order valence-corrected chi connectivity index (χ0v) is 14.3. The largest absolute Gasteiger partial charge is 0.494 e. The molecule has 124 valence electrons. The molecule has 2 aromatic carbocycles. The fraction of sp³-hybridized carbons (Fsp3) is 0.400. The lowest BCUT2D eigenvalue weighted by molar-refractivity contribution is 0.271. The van der Waals surface area contributed by atoms with Crippen molar-refractivity contribution in [1.29, 1.82) is 0 Å². The molecule has 0 saturated carbocycles. The number of benzene rings is 2. The van der Waals surface area contributed by atoms with E-state index in [0.29, 0.717) is 5.92 Å². The Morgan fingerprint density at radius 1 is 0.957 bits per heavy atom. The molecule has 0 unspecified atom stereocenters. The molecule has 0 radical (unpaired) electrons. The van der Waals surface area contributed by atoms with E-state index in [1.54, 1.807) is 0 Å². The molecule has 0 aliphatic rings. The van der Waals surface area contributed by atoms with Gasteiger partial charge in [0, 0.05) is 12.2 Å². The third-order valence-electron chi connectivity index (χ3n) is 3.31. The summed E-state index contributed by atoms with van der Waals surface area (Å²) in [6.07, 6.45) is 1.02. The Kier molecular flexibility index (Phi) is 6.79. The van der Waals surface area contributed by atoms with Crippen molar-refractivity contribution >= 4 is 5.69 Å². The van der Waals surface area contributed by atoms with Crippen LogP contribution >= 0.6 is 0 Å². The quantitative estimate of drug-likeness (QED) is 0.697. The van der Waals surface area contributed by atoms with Crippen LogP contribution in [-0.4, -0.2) is 13.2 Å². The molecule has 0 fully saturated rings. The van der Waals surface area contributed by atoms with Crippen molar-refractivity contribution in [2.45, 2.75) is 33.7 Å². The molecule has 0 amide bonds. The summed E-state index contributed by atoms with van der Waals surface area (Å²) >= 11 is 0. The van der Waals surface area contributed by atoms with Crippen LogP contribution in [0.15, 0.2) is 48.5 Å². The molecule has 0 spiro atoms. The van der Waals surface area contributed by atoms with Crippen LogP contribution in [0.2, 0.25) is 0 Å². The first-order valence-corrected chi connectivity index (χ1v) is 8.36. The lowest BCUT2D eigenvalue weighted by Gasteiger charge is -2.11. The van der Waals surface area contributed by atoms with Gasteiger partial charge in [0.05, 0.1) is 13.2 Å². The van der Waals surface area contributed by atoms with E-state index in [-0.39, 0.29) is 0 Å². The summed E-state index contributed by atoms with van der Waals surface area (Å²) in [6, 6.07) is 16.3. The zero-order chi connectivity index (χ0) is 16.5. The lowest BCUT2D eigenvalue weighted by Crippen LogP contribution is -2.05. The van der Waals surface area contributed by atoms with Crippen molar-refractivity contribution in [2.24, 2.45) is 5.92 Å². The van der Waals surface area contributed by atoms with E-state index in [0.717, 1.165) is 43.4 Å². The minimum atomic E-state index is 0.533. The normalized spacial score (nSPS) is 10.6. The Morgan fingerprint density at radius 2 is 1.74 bits per heavy atom. The minimum absolute atomic E-state index is 0.533. The van der Waals surface area contributed by atoms with Gasteiger partial charge in [0.1, 0.15) is 11.5 Å². The highest BCUT2D eigenvalue weighted by Crippen LogP contribution is 2.18. The van der Waals surface area contributed by atoms with Gasteiger partial charge in [-0.15, -0.1) is 0 Å². The maximum absolute atomic E-state index is 5.77. The molecule has 0 heterocycles. The van der Waals surface area contributed by atoms with Crippen molar-refractivity contribution < 1.29 is 9.47 Å². The minimum Gasteiger partial charge on any atom is -0.494 e. The predicted molar refractivity (Wildman–Crippen MR) is 96.3 cm³/mol. The maximum Gasteiger partial charge on any atom is 0.119 e. The molecule has 2 rings (SSSR count). The summed E-state index contributed by atoms with van der Waals surface area (Å²) in [7, 11) is 0. The van der Waals surface area contributed by atoms with Crippen molar-refractivity contribution in [3.63, 3.8) is 0 Å². The van der Waals surface area contributed by atoms with Crippen LogP contribution in [0.3, 0.4) is 0 Å². The van der Waals surface area contributed by atoms with Crippen LogP contribution < -0.4 is 14.8 Å². The van der Waals surface area contributed by atoms with Gasteiger partial charge >= 0.3 is 0 Å². The number of hydrogen-bond acceptors (Lipinski definition) is 3. The number of rotatable bonds is 9. The maximum atomic E-state index is 5.77. The van der Waals surface area contributed by atoms with Gasteiger partial charge in [0.15, 0.2) is 0 Å². The number of hydrogen-bond donors (Lipinski definition) is 1. The smallest absolute Gasteiger partial charge is 0.119 e. The Bertz CT molecular complexity index is 578. The van der Waals surface area contributed by atoms with E-state index in [2.05, 4.69) is 38.2 Å². The second-order valence-electron chi connectivity index (χ2n) is 6.08. The summed E-state index contributed by atoms with van der Waals surface area (Å²) in [4.78, 5) is 0. The molecule has 0 aromatic heterocycles. The number of nitrogens with one attached hydrogen (secondary N) is 1. The number of ether oxygens (including phenoxy) is 2. The average Bonchev–Trinajstić information content (AvgIpc) is 2.57. The van der Waals surface area contributed by atoms with Gasteiger partial charge in [-0.1, -0.05) is 32.9 Å². The number of anilines is 1. The van der Waals surface area contributed by atoms with E-state index < -0.39 is 0 Å². The van der Waals surface area contributed by atoms with Gasteiger partial charge < -0.3 is 14.8 Å². The Balaban J connectivity index is 1.86. The third-order valence-corrected chi connectivity index (χ3v) is 3.31. The lowest BCUT2D eigenvalue weighted by atomic mass is 10.2.